The number of nitrogens with zero attached hydrogens (tertiary/aromatic N) is 3. The smallest absolute Gasteiger partial charge is 0.0915 e. The van der Waals surface area contributed by atoms with E-state index in [2.05, 4.69) is 28.1 Å². The van der Waals surface area contributed by atoms with Crippen molar-refractivity contribution in [1.29, 1.82) is 0 Å². The molecule has 0 radical (unpaired) electrons. The van der Waals surface area contributed by atoms with Crippen LogP contribution in [0.1, 0.15) is 19.3 Å². The molecule has 1 aliphatic rings. The summed E-state index contributed by atoms with van der Waals surface area (Å²) in [6.45, 7) is 2.32. The summed E-state index contributed by atoms with van der Waals surface area (Å²) in [6, 6.07) is 14.5. The molecule has 4 rings (SSSR count). The van der Waals surface area contributed by atoms with Crippen molar-refractivity contribution < 1.29 is 0 Å². The van der Waals surface area contributed by atoms with Crippen molar-refractivity contribution in [3.8, 4) is 0 Å². The van der Waals surface area contributed by atoms with Crippen molar-refractivity contribution in [3.63, 3.8) is 0 Å². The Hall–Kier alpha value is -2.16. The van der Waals surface area contributed by atoms with Crippen LogP contribution in [-0.2, 0) is 0 Å². The Morgan fingerprint density at radius 3 is 2.10 bits per heavy atom. The maximum atomic E-state index is 4.74. The zero-order chi connectivity index (χ0) is 13.4. The Labute approximate surface area is 118 Å². The number of hydrogen-bond donors (Lipinski definition) is 0. The second-order valence-electron chi connectivity index (χ2n) is 5.43. The summed E-state index contributed by atoms with van der Waals surface area (Å²) in [5.74, 6) is 0. The van der Waals surface area contributed by atoms with E-state index in [9.17, 15) is 0 Å². The van der Waals surface area contributed by atoms with Gasteiger partial charge in [0.1, 0.15) is 0 Å². The average Bonchev–Trinajstić information content (AvgIpc) is 2.53. The van der Waals surface area contributed by atoms with Gasteiger partial charge in [0.2, 0.25) is 0 Å². The number of para-hydroxylation sites is 2. The van der Waals surface area contributed by atoms with Gasteiger partial charge in [0, 0.05) is 18.8 Å². The third-order valence-electron chi connectivity index (χ3n) is 4.04. The topological polar surface area (TPSA) is 29.0 Å². The largest absolute Gasteiger partial charge is 0.371 e. The quantitative estimate of drug-likeness (QED) is 0.626. The standard InChI is InChI=1S/C17H17N3/c1-4-10-20(11-5-1)13-8-9-16-17(12-13)19-15-7-3-2-6-14(15)18-16/h2-3,6-9,12H,1,4-5,10-11H2. The summed E-state index contributed by atoms with van der Waals surface area (Å²) in [7, 11) is 0. The van der Waals surface area contributed by atoms with Crippen LogP contribution in [0.3, 0.4) is 0 Å². The van der Waals surface area contributed by atoms with E-state index in [4.69, 9.17) is 4.98 Å². The van der Waals surface area contributed by atoms with Crippen molar-refractivity contribution in [2.45, 2.75) is 19.3 Å². The zero-order valence-corrected chi connectivity index (χ0v) is 11.4. The van der Waals surface area contributed by atoms with Crippen LogP contribution in [0.25, 0.3) is 22.1 Å². The molecular weight excluding hydrogens is 246 g/mol. The van der Waals surface area contributed by atoms with Crippen LogP contribution >= 0.6 is 0 Å². The van der Waals surface area contributed by atoms with E-state index in [1.807, 2.05) is 24.3 Å². The van der Waals surface area contributed by atoms with Crippen LogP contribution in [-0.4, -0.2) is 23.1 Å². The lowest BCUT2D eigenvalue weighted by molar-refractivity contribution is 0.578. The fourth-order valence-corrected chi connectivity index (χ4v) is 2.96. The molecule has 3 nitrogen and oxygen atoms in total. The van der Waals surface area contributed by atoms with Crippen LogP contribution in [0.15, 0.2) is 42.5 Å². The molecule has 0 amide bonds. The maximum absolute atomic E-state index is 4.74. The lowest BCUT2D eigenvalue weighted by atomic mass is 10.1. The van der Waals surface area contributed by atoms with Gasteiger partial charge in [-0.1, -0.05) is 12.1 Å². The first-order valence-electron chi connectivity index (χ1n) is 7.32. The monoisotopic (exact) mass is 263 g/mol. The number of benzene rings is 2. The van der Waals surface area contributed by atoms with Crippen molar-refractivity contribution in [1.82, 2.24) is 9.97 Å². The molecule has 100 valence electrons. The van der Waals surface area contributed by atoms with Gasteiger partial charge in [-0.2, -0.15) is 0 Å². The van der Waals surface area contributed by atoms with E-state index in [0.29, 0.717) is 0 Å². The molecule has 1 aromatic heterocycles. The Morgan fingerprint density at radius 1 is 0.700 bits per heavy atom. The molecule has 2 heterocycles. The summed E-state index contributed by atoms with van der Waals surface area (Å²) in [5, 5.41) is 0. The summed E-state index contributed by atoms with van der Waals surface area (Å²) in [5.41, 5.74) is 5.18. The molecule has 1 fully saturated rings. The maximum Gasteiger partial charge on any atom is 0.0915 e. The van der Waals surface area contributed by atoms with Crippen LogP contribution in [0.5, 0.6) is 0 Å². The van der Waals surface area contributed by atoms with E-state index in [-0.39, 0.29) is 0 Å². The van der Waals surface area contributed by atoms with Gasteiger partial charge < -0.3 is 4.90 Å². The van der Waals surface area contributed by atoms with E-state index in [0.717, 1.165) is 35.2 Å². The van der Waals surface area contributed by atoms with Crippen LogP contribution in [0.2, 0.25) is 0 Å². The van der Waals surface area contributed by atoms with Gasteiger partial charge in [0.25, 0.3) is 0 Å². The summed E-state index contributed by atoms with van der Waals surface area (Å²) in [4.78, 5) is 11.9. The van der Waals surface area contributed by atoms with E-state index in [1.165, 1.54) is 24.9 Å². The predicted molar refractivity (Wildman–Crippen MR) is 83.1 cm³/mol. The van der Waals surface area contributed by atoms with E-state index in [1.54, 1.807) is 0 Å². The number of anilines is 1. The van der Waals surface area contributed by atoms with Crippen molar-refractivity contribution in [2.24, 2.45) is 0 Å². The van der Waals surface area contributed by atoms with Gasteiger partial charge >= 0.3 is 0 Å². The van der Waals surface area contributed by atoms with Crippen molar-refractivity contribution >= 4 is 27.8 Å². The lowest BCUT2D eigenvalue weighted by Crippen LogP contribution is -2.29. The Balaban J connectivity index is 1.83. The Morgan fingerprint density at radius 2 is 1.35 bits per heavy atom. The number of piperidine rings is 1. The second kappa shape index (κ2) is 4.75. The molecule has 0 bridgehead atoms. The third-order valence-corrected chi connectivity index (χ3v) is 4.04. The molecule has 0 saturated carbocycles. The average molecular weight is 263 g/mol. The van der Waals surface area contributed by atoms with Gasteiger partial charge in [0.15, 0.2) is 0 Å². The van der Waals surface area contributed by atoms with Crippen LogP contribution < -0.4 is 4.90 Å². The van der Waals surface area contributed by atoms with Gasteiger partial charge in [-0.05, 0) is 49.6 Å². The van der Waals surface area contributed by atoms with Crippen LogP contribution in [0.4, 0.5) is 5.69 Å². The first kappa shape index (κ1) is 11.6. The molecule has 0 unspecified atom stereocenters. The highest BCUT2D eigenvalue weighted by atomic mass is 15.1. The highest BCUT2D eigenvalue weighted by molar-refractivity contribution is 5.87. The highest BCUT2D eigenvalue weighted by Gasteiger charge is 2.12. The Bertz CT molecular complexity index is 760. The summed E-state index contributed by atoms with van der Waals surface area (Å²) < 4.78 is 0. The molecule has 0 aliphatic carbocycles. The fourth-order valence-electron chi connectivity index (χ4n) is 2.96. The van der Waals surface area contributed by atoms with Gasteiger partial charge in [-0.3, -0.25) is 0 Å². The summed E-state index contributed by atoms with van der Waals surface area (Å²) >= 11 is 0. The second-order valence-corrected chi connectivity index (χ2v) is 5.43. The minimum Gasteiger partial charge on any atom is -0.371 e. The molecule has 0 atom stereocenters. The normalized spacial score (nSPS) is 15.9. The van der Waals surface area contributed by atoms with E-state index < -0.39 is 0 Å². The number of rotatable bonds is 1. The number of aromatic nitrogens is 2. The zero-order valence-electron chi connectivity index (χ0n) is 11.4. The molecule has 1 aliphatic heterocycles. The fraction of sp³-hybridized carbons (Fsp3) is 0.294. The molecule has 1 saturated heterocycles. The first-order chi connectivity index (χ1) is 9.90. The highest BCUT2D eigenvalue weighted by Crippen LogP contribution is 2.24. The first-order valence-corrected chi connectivity index (χ1v) is 7.32. The van der Waals surface area contributed by atoms with E-state index >= 15 is 0 Å². The SMILES string of the molecule is c1ccc2nc3cc(N4CCCCC4)ccc3nc2c1. The molecule has 0 N–H and O–H groups in total. The predicted octanol–water partition coefficient (Wildman–Crippen LogP) is 3.77. The molecule has 20 heavy (non-hydrogen) atoms. The minimum absolute atomic E-state index is 0.964. The number of hydrogen-bond acceptors (Lipinski definition) is 3. The third kappa shape index (κ3) is 1.99. The number of fused-ring (bicyclic) bond motifs is 2. The lowest BCUT2D eigenvalue weighted by Gasteiger charge is -2.28. The van der Waals surface area contributed by atoms with Crippen LogP contribution in [0, 0.1) is 0 Å². The summed E-state index contributed by atoms with van der Waals surface area (Å²) in [6.07, 6.45) is 3.94. The van der Waals surface area contributed by atoms with Gasteiger partial charge in [-0.25, -0.2) is 9.97 Å². The molecular formula is C17H17N3. The molecule has 2 aromatic carbocycles. The minimum atomic E-state index is 0.964. The Kier molecular flexibility index (Phi) is 2.76. The molecule has 3 aromatic rings. The molecule has 3 heteroatoms. The molecule has 0 spiro atoms. The van der Waals surface area contributed by atoms with Crippen molar-refractivity contribution in [3.05, 3.63) is 42.5 Å². The van der Waals surface area contributed by atoms with Crippen molar-refractivity contribution in [2.75, 3.05) is 18.0 Å². The van der Waals surface area contributed by atoms with Gasteiger partial charge in [0.05, 0.1) is 22.1 Å². The van der Waals surface area contributed by atoms with Gasteiger partial charge in [-0.15, -0.1) is 0 Å².